The third-order valence-electron chi connectivity index (χ3n) is 4.38. The van der Waals surface area contributed by atoms with Crippen molar-refractivity contribution >= 4 is 17.4 Å². The van der Waals surface area contributed by atoms with E-state index in [9.17, 15) is 5.26 Å². The molecule has 2 unspecified atom stereocenters. The van der Waals surface area contributed by atoms with Gasteiger partial charge in [-0.15, -0.1) is 11.8 Å². The highest BCUT2D eigenvalue weighted by Gasteiger charge is 2.40. The number of rotatable bonds is 2. The van der Waals surface area contributed by atoms with E-state index >= 15 is 0 Å². The van der Waals surface area contributed by atoms with Crippen molar-refractivity contribution in [3.05, 3.63) is 23.8 Å². The van der Waals surface area contributed by atoms with Gasteiger partial charge in [0.25, 0.3) is 0 Å². The highest BCUT2D eigenvalue weighted by Crippen LogP contribution is 2.41. The number of nitriles is 1. The molecular weight excluding hydrogens is 254 g/mol. The molecule has 0 amide bonds. The van der Waals surface area contributed by atoms with Crippen LogP contribution in [0.3, 0.4) is 0 Å². The Kier molecular flexibility index (Phi) is 3.42. The summed E-state index contributed by atoms with van der Waals surface area (Å²) < 4.78 is 0. The summed E-state index contributed by atoms with van der Waals surface area (Å²) in [5, 5.41) is 9.49. The summed E-state index contributed by atoms with van der Waals surface area (Å²) in [7, 11) is 0. The second-order valence-electron chi connectivity index (χ2n) is 5.49. The topological polar surface area (TPSA) is 53.0 Å². The van der Waals surface area contributed by atoms with Crippen LogP contribution in [0.1, 0.15) is 31.2 Å². The molecular formula is C15H19N3S. The van der Waals surface area contributed by atoms with Crippen LogP contribution >= 0.6 is 11.8 Å². The van der Waals surface area contributed by atoms with Crippen LogP contribution in [0.15, 0.2) is 23.1 Å². The average Bonchev–Trinajstić information content (AvgIpc) is 2.69. The van der Waals surface area contributed by atoms with E-state index in [4.69, 9.17) is 5.73 Å². The van der Waals surface area contributed by atoms with Gasteiger partial charge in [0, 0.05) is 23.0 Å². The lowest BCUT2D eigenvalue weighted by atomic mass is 9.96. The standard InChI is InChI=1S/C15H19N3S/c1-19-15-4-2-3-14(13(15)9-16)18-11-5-6-12(18)8-10(17)7-11/h2-4,10-12H,5-8,17H2,1H3. The van der Waals surface area contributed by atoms with Gasteiger partial charge >= 0.3 is 0 Å². The van der Waals surface area contributed by atoms with Gasteiger partial charge in [0.05, 0.1) is 11.3 Å². The number of benzene rings is 1. The van der Waals surface area contributed by atoms with E-state index < -0.39 is 0 Å². The number of nitrogens with two attached hydrogens (primary N) is 1. The maximum Gasteiger partial charge on any atom is 0.103 e. The molecule has 0 aliphatic carbocycles. The van der Waals surface area contributed by atoms with Gasteiger partial charge in [-0.3, -0.25) is 0 Å². The van der Waals surface area contributed by atoms with E-state index in [1.165, 1.54) is 12.8 Å². The number of thioether (sulfide) groups is 1. The first kappa shape index (κ1) is 12.8. The summed E-state index contributed by atoms with van der Waals surface area (Å²) in [5.74, 6) is 0. The van der Waals surface area contributed by atoms with Crippen LogP contribution in [0.5, 0.6) is 0 Å². The molecule has 3 nitrogen and oxygen atoms in total. The first-order valence-electron chi connectivity index (χ1n) is 6.85. The van der Waals surface area contributed by atoms with Crippen LogP contribution in [0.2, 0.25) is 0 Å². The maximum absolute atomic E-state index is 9.49. The molecule has 0 radical (unpaired) electrons. The fourth-order valence-electron chi connectivity index (χ4n) is 3.63. The molecule has 2 saturated heterocycles. The van der Waals surface area contributed by atoms with Crippen molar-refractivity contribution < 1.29 is 0 Å². The molecule has 2 aliphatic rings. The number of hydrogen-bond donors (Lipinski definition) is 1. The van der Waals surface area contributed by atoms with Gasteiger partial charge in [-0.25, -0.2) is 0 Å². The summed E-state index contributed by atoms with van der Waals surface area (Å²) in [6.45, 7) is 0. The van der Waals surface area contributed by atoms with Crippen molar-refractivity contribution in [2.24, 2.45) is 5.73 Å². The highest BCUT2D eigenvalue weighted by molar-refractivity contribution is 7.98. The van der Waals surface area contributed by atoms with E-state index in [1.54, 1.807) is 11.8 Å². The molecule has 3 rings (SSSR count). The smallest absolute Gasteiger partial charge is 0.103 e. The summed E-state index contributed by atoms with van der Waals surface area (Å²) >= 11 is 1.65. The Balaban J connectivity index is 2.02. The van der Waals surface area contributed by atoms with Crippen LogP contribution in [-0.2, 0) is 0 Å². The molecule has 0 saturated carbocycles. The van der Waals surface area contributed by atoms with Crippen LogP contribution in [0, 0.1) is 11.3 Å². The monoisotopic (exact) mass is 273 g/mol. The Hall–Kier alpha value is -1.18. The van der Waals surface area contributed by atoms with Gasteiger partial charge in [0.1, 0.15) is 6.07 Å². The summed E-state index contributed by atoms with van der Waals surface area (Å²) in [6.07, 6.45) is 6.58. The summed E-state index contributed by atoms with van der Waals surface area (Å²) in [4.78, 5) is 3.55. The van der Waals surface area contributed by atoms with Gasteiger partial charge < -0.3 is 10.6 Å². The molecule has 2 N–H and O–H groups in total. The Morgan fingerprint density at radius 3 is 2.58 bits per heavy atom. The third kappa shape index (κ3) is 2.11. The minimum atomic E-state index is 0.336. The Labute approximate surface area is 118 Å². The van der Waals surface area contributed by atoms with Gasteiger partial charge in [-0.2, -0.15) is 5.26 Å². The molecule has 0 aromatic heterocycles. The fourth-order valence-corrected chi connectivity index (χ4v) is 4.20. The first-order chi connectivity index (χ1) is 9.24. The molecule has 100 valence electrons. The molecule has 2 atom stereocenters. The molecule has 0 spiro atoms. The average molecular weight is 273 g/mol. The lowest BCUT2D eigenvalue weighted by Gasteiger charge is -2.40. The fraction of sp³-hybridized carbons (Fsp3) is 0.533. The zero-order valence-corrected chi connectivity index (χ0v) is 12.0. The van der Waals surface area contributed by atoms with Crippen molar-refractivity contribution in [2.45, 2.75) is 48.7 Å². The van der Waals surface area contributed by atoms with E-state index in [2.05, 4.69) is 23.1 Å². The molecule has 2 bridgehead atoms. The summed E-state index contributed by atoms with van der Waals surface area (Å²) in [5.41, 5.74) is 8.08. The van der Waals surface area contributed by atoms with Crippen molar-refractivity contribution in [1.82, 2.24) is 0 Å². The molecule has 19 heavy (non-hydrogen) atoms. The largest absolute Gasteiger partial charge is 0.364 e. The molecule has 4 heteroatoms. The minimum absolute atomic E-state index is 0.336. The predicted octanol–water partition coefficient (Wildman–Crippen LogP) is 2.74. The van der Waals surface area contributed by atoms with Crippen LogP contribution in [-0.4, -0.2) is 24.4 Å². The Morgan fingerprint density at radius 1 is 1.32 bits per heavy atom. The molecule has 1 aromatic carbocycles. The second-order valence-corrected chi connectivity index (χ2v) is 6.34. The van der Waals surface area contributed by atoms with Gasteiger partial charge in [0.2, 0.25) is 0 Å². The van der Waals surface area contributed by atoms with Crippen molar-refractivity contribution in [3.8, 4) is 6.07 Å². The lowest BCUT2D eigenvalue weighted by Crippen LogP contribution is -2.47. The van der Waals surface area contributed by atoms with Crippen LogP contribution in [0.4, 0.5) is 5.69 Å². The first-order valence-corrected chi connectivity index (χ1v) is 8.08. The lowest BCUT2D eigenvalue weighted by molar-refractivity contribution is 0.414. The number of piperidine rings is 1. The molecule has 2 heterocycles. The minimum Gasteiger partial charge on any atom is -0.364 e. The third-order valence-corrected chi connectivity index (χ3v) is 5.16. The van der Waals surface area contributed by atoms with Crippen LogP contribution in [0.25, 0.3) is 0 Å². The number of anilines is 1. The van der Waals surface area contributed by atoms with E-state index in [0.29, 0.717) is 18.1 Å². The maximum atomic E-state index is 9.49. The number of fused-ring (bicyclic) bond motifs is 2. The SMILES string of the molecule is CSc1cccc(N2C3CCC2CC(N)C3)c1C#N. The van der Waals surface area contributed by atoms with Gasteiger partial charge in [-0.05, 0) is 44.1 Å². The highest BCUT2D eigenvalue weighted by atomic mass is 32.2. The number of nitrogens with zero attached hydrogens (tertiary/aromatic N) is 2. The Morgan fingerprint density at radius 2 is 2.00 bits per heavy atom. The number of hydrogen-bond acceptors (Lipinski definition) is 4. The Bertz CT molecular complexity index is 509. The molecule has 2 aliphatic heterocycles. The zero-order valence-electron chi connectivity index (χ0n) is 11.2. The van der Waals surface area contributed by atoms with E-state index in [1.807, 2.05) is 12.3 Å². The van der Waals surface area contributed by atoms with E-state index in [-0.39, 0.29) is 0 Å². The van der Waals surface area contributed by atoms with Crippen molar-refractivity contribution in [2.75, 3.05) is 11.2 Å². The van der Waals surface area contributed by atoms with Gasteiger partial charge in [0.15, 0.2) is 0 Å². The van der Waals surface area contributed by atoms with Gasteiger partial charge in [-0.1, -0.05) is 6.07 Å². The van der Waals surface area contributed by atoms with E-state index in [0.717, 1.165) is 29.0 Å². The predicted molar refractivity (Wildman–Crippen MR) is 79.4 cm³/mol. The van der Waals surface area contributed by atoms with Crippen molar-refractivity contribution in [3.63, 3.8) is 0 Å². The van der Waals surface area contributed by atoms with Crippen LogP contribution < -0.4 is 10.6 Å². The zero-order chi connectivity index (χ0) is 13.4. The quantitative estimate of drug-likeness (QED) is 0.842. The summed E-state index contributed by atoms with van der Waals surface area (Å²) in [6, 6.07) is 9.98. The second kappa shape index (κ2) is 5.07. The molecule has 2 fully saturated rings. The van der Waals surface area contributed by atoms with Crippen molar-refractivity contribution in [1.29, 1.82) is 5.26 Å². The normalized spacial score (nSPS) is 29.3. The molecule has 1 aromatic rings.